The molecule has 0 bridgehead atoms. The van der Waals surface area contributed by atoms with Crippen LogP contribution in [-0.4, -0.2) is 5.97 Å². The smallest absolute Gasteiger partial charge is 0.303 e. The first kappa shape index (κ1) is 12.2. The van der Waals surface area contributed by atoms with E-state index in [0.717, 1.165) is 16.7 Å². The summed E-state index contributed by atoms with van der Waals surface area (Å²) < 4.78 is 5.26. The molecule has 0 fully saturated rings. The van der Waals surface area contributed by atoms with Crippen LogP contribution in [0.5, 0.6) is 0 Å². The summed E-state index contributed by atoms with van der Waals surface area (Å²) in [5, 5.41) is 0. The highest BCUT2D eigenvalue weighted by Crippen LogP contribution is 2.28. The molecule has 2 nitrogen and oxygen atoms in total. The summed E-state index contributed by atoms with van der Waals surface area (Å²) in [7, 11) is 0. The van der Waals surface area contributed by atoms with E-state index < -0.39 is 6.10 Å². The van der Waals surface area contributed by atoms with Gasteiger partial charge >= 0.3 is 5.97 Å². The molecule has 84 valence electrons. The lowest BCUT2D eigenvalue weighted by Gasteiger charge is -2.19. The Morgan fingerprint density at radius 2 is 1.75 bits per heavy atom. The standard InChI is InChI=1S/C14H16O2/c1-10(2)11(3)14(16-12(4)15)13-8-6-5-7-9-13/h5-9,14H,1,3H2,2,4H3. The number of ether oxygens (including phenoxy) is 1. The molecular formula is C14H16O2. The van der Waals surface area contributed by atoms with Gasteiger partial charge in [-0.2, -0.15) is 0 Å². The van der Waals surface area contributed by atoms with Crippen LogP contribution < -0.4 is 0 Å². The number of rotatable bonds is 4. The van der Waals surface area contributed by atoms with Crippen molar-refractivity contribution < 1.29 is 9.53 Å². The average molecular weight is 216 g/mol. The lowest BCUT2D eigenvalue weighted by atomic mass is 9.98. The fraction of sp³-hybridized carbons (Fsp3) is 0.214. The van der Waals surface area contributed by atoms with Crippen LogP contribution in [0.2, 0.25) is 0 Å². The first-order valence-electron chi connectivity index (χ1n) is 5.09. The molecule has 0 amide bonds. The summed E-state index contributed by atoms with van der Waals surface area (Å²) in [5.74, 6) is -0.323. The quantitative estimate of drug-likeness (QED) is 0.569. The van der Waals surface area contributed by atoms with Crippen LogP contribution in [0.4, 0.5) is 0 Å². The maximum Gasteiger partial charge on any atom is 0.303 e. The molecule has 0 aliphatic carbocycles. The molecule has 1 atom stereocenters. The Morgan fingerprint density at radius 3 is 2.19 bits per heavy atom. The van der Waals surface area contributed by atoms with E-state index in [1.54, 1.807) is 0 Å². The van der Waals surface area contributed by atoms with E-state index in [0.29, 0.717) is 0 Å². The molecule has 0 aliphatic rings. The highest BCUT2D eigenvalue weighted by molar-refractivity contribution is 5.67. The van der Waals surface area contributed by atoms with E-state index in [4.69, 9.17) is 4.74 Å². The van der Waals surface area contributed by atoms with Gasteiger partial charge in [-0.1, -0.05) is 49.1 Å². The Labute approximate surface area is 96.2 Å². The highest BCUT2D eigenvalue weighted by Gasteiger charge is 2.18. The van der Waals surface area contributed by atoms with E-state index in [-0.39, 0.29) is 5.97 Å². The van der Waals surface area contributed by atoms with E-state index in [1.807, 2.05) is 37.3 Å². The van der Waals surface area contributed by atoms with Crippen LogP contribution in [0.3, 0.4) is 0 Å². The molecule has 0 spiro atoms. The Kier molecular flexibility index (Phi) is 4.06. The molecule has 0 radical (unpaired) electrons. The zero-order valence-corrected chi connectivity index (χ0v) is 9.69. The van der Waals surface area contributed by atoms with Gasteiger partial charge in [-0.3, -0.25) is 4.79 Å². The van der Waals surface area contributed by atoms with Gasteiger partial charge in [-0.05, 0) is 18.1 Å². The molecule has 0 heterocycles. The molecule has 1 aromatic rings. The van der Waals surface area contributed by atoms with Crippen molar-refractivity contribution in [3.05, 3.63) is 60.2 Å². The number of carbonyl (C=O) groups is 1. The summed E-state index contributed by atoms with van der Waals surface area (Å²) in [6.45, 7) is 11.0. The SMILES string of the molecule is C=C(C)C(=C)C(OC(C)=O)c1ccccc1. The summed E-state index contributed by atoms with van der Waals surface area (Å²) in [6, 6.07) is 9.52. The van der Waals surface area contributed by atoms with Crippen molar-refractivity contribution >= 4 is 5.97 Å². The van der Waals surface area contributed by atoms with Crippen molar-refractivity contribution in [1.82, 2.24) is 0 Å². The van der Waals surface area contributed by atoms with Gasteiger partial charge in [0.25, 0.3) is 0 Å². The minimum Gasteiger partial charge on any atom is -0.453 e. The predicted octanol–water partition coefficient (Wildman–Crippen LogP) is 3.42. The maximum atomic E-state index is 11.1. The van der Waals surface area contributed by atoms with E-state index in [2.05, 4.69) is 13.2 Å². The second-order valence-electron chi connectivity index (χ2n) is 3.71. The Morgan fingerprint density at radius 1 is 1.19 bits per heavy atom. The fourth-order valence-corrected chi connectivity index (χ4v) is 1.36. The molecule has 0 saturated heterocycles. The van der Waals surface area contributed by atoms with Crippen LogP contribution >= 0.6 is 0 Å². The Bertz CT molecular complexity index is 404. The molecule has 1 rings (SSSR count). The van der Waals surface area contributed by atoms with Crippen molar-refractivity contribution in [2.75, 3.05) is 0 Å². The molecule has 16 heavy (non-hydrogen) atoms. The summed E-state index contributed by atoms with van der Waals surface area (Å²) in [5.41, 5.74) is 2.45. The monoisotopic (exact) mass is 216 g/mol. The maximum absolute atomic E-state index is 11.1. The lowest BCUT2D eigenvalue weighted by molar-refractivity contribution is -0.144. The lowest BCUT2D eigenvalue weighted by Crippen LogP contribution is -2.11. The van der Waals surface area contributed by atoms with Crippen molar-refractivity contribution in [3.8, 4) is 0 Å². The molecule has 0 aliphatic heterocycles. The van der Waals surface area contributed by atoms with Gasteiger partial charge < -0.3 is 4.74 Å². The number of benzene rings is 1. The summed E-state index contributed by atoms with van der Waals surface area (Å²) in [4.78, 5) is 11.1. The highest BCUT2D eigenvalue weighted by atomic mass is 16.5. The third-order valence-corrected chi connectivity index (χ3v) is 2.25. The molecule has 0 N–H and O–H groups in total. The number of hydrogen-bond acceptors (Lipinski definition) is 2. The fourth-order valence-electron chi connectivity index (χ4n) is 1.36. The second kappa shape index (κ2) is 5.31. The minimum absolute atomic E-state index is 0.323. The first-order valence-corrected chi connectivity index (χ1v) is 5.09. The second-order valence-corrected chi connectivity index (χ2v) is 3.71. The van der Waals surface area contributed by atoms with Gasteiger partial charge in [0.05, 0.1) is 0 Å². The van der Waals surface area contributed by atoms with E-state index in [1.165, 1.54) is 6.92 Å². The van der Waals surface area contributed by atoms with Gasteiger partial charge in [0.15, 0.2) is 6.10 Å². The molecule has 2 heteroatoms. The van der Waals surface area contributed by atoms with Crippen molar-refractivity contribution in [2.24, 2.45) is 0 Å². The largest absolute Gasteiger partial charge is 0.453 e. The molecule has 1 aromatic carbocycles. The number of hydrogen-bond donors (Lipinski definition) is 0. The molecule has 0 saturated carbocycles. The molecule has 0 aromatic heterocycles. The normalized spacial score (nSPS) is 11.6. The van der Waals surface area contributed by atoms with Gasteiger partial charge in [0.1, 0.15) is 0 Å². The molecular weight excluding hydrogens is 200 g/mol. The van der Waals surface area contributed by atoms with Crippen molar-refractivity contribution in [3.63, 3.8) is 0 Å². The van der Waals surface area contributed by atoms with E-state index >= 15 is 0 Å². The van der Waals surface area contributed by atoms with Gasteiger partial charge in [-0.25, -0.2) is 0 Å². The van der Waals surface area contributed by atoms with Crippen molar-refractivity contribution in [2.45, 2.75) is 20.0 Å². The zero-order chi connectivity index (χ0) is 12.1. The molecule has 1 unspecified atom stereocenters. The number of esters is 1. The summed E-state index contributed by atoms with van der Waals surface area (Å²) in [6.07, 6.45) is -0.434. The Hall–Kier alpha value is -1.83. The minimum atomic E-state index is -0.434. The van der Waals surface area contributed by atoms with Crippen LogP contribution in [-0.2, 0) is 9.53 Å². The summed E-state index contributed by atoms with van der Waals surface area (Å²) >= 11 is 0. The first-order chi connectivity index (χ1) is 7.52. The van der Waals surface area contributed by atoms with Crippen LogP contribution in [0.15, 0.2) is 54.6 Å². The van der Waals surface area contributed by atoms with Crippen LogP contribution in [0.25, 0.3) is 0 Å². The topological polar surface area (TPSA) is 26.3 Å². The average Bonchev–Trinajstić information content (AvgIpc) is 2.26. The van der Waals surface area contributed by atoms with Crippen LogP contribution in [0, 0.1) is 0 Å². The third kappa shape index (κ3) is 3.09. The Balaban J connectivity index is 3.01. The van der Waals surface area contributed by atoms with Gasteiger partial charge in [-0.15, -0.1) is 0 Å². The number of carbonyl (C=O) groups excluding carboxylic acids is 1. The predicted molar refractivity (Wildman–Crippen MR) is 64.9 cm³/mol. The van der Waals surface area contributed by atoms with Gasteiger partial charge in [0.2, 0.25) is 0 Å². The van der Waals surface area contributed by atoms with Crippen molar-refractivity contribution in [1.29, 1.82) is 0 Å². The zero-order valence-electron chi connectivity index (χ0n) is 9.69. The van der Waals surface area contributed by atoms with Crippen LogP contribution in [0.1, 0.15) is 25.5 Å². The van der Waals surface area contributed by atoms with Gasteiger partial charge in [0, 0.05) is 6.92 Å². The van der Waals surface area contributed by atoms with E-state index in [9.17, 15) is 4.79 Å². The third-order valence-electron chi connectivity index (χ3n) is 2.25.